The molecule has 7 heteroatoms. The molecule has 2 aromatic rings. The maximum atomic E-state index is 12.5. The van der Waals surface area contributed by atoms with Crippen LogP contribution < -0.4 is 5.32 Å². The number of ether oxygens (including phenoxy) is 1. The Hall–Kier alpha value is -1.89. The Balaban J connectivity index is 1.92. The minimum atomic E-state index is -0.408. The van der Waals surface area contributed by atoms with Gasteiger partial charge in [0.25, 0.3) is 5.91 Å². The molecule has 0 unspecified atom stereocenters. The number of likely N-dealkylation sites (N-methyl/N-ethyl adjacent to an activating group) is 1. The lowest BCUT2D eigenvalue weighted by atomic mass is 10.0. The van der Waals surface area contributed by atoms with E-state index in [0.29, 0.717) is 21.2 Å². The van der Waals surface area contributed by atoms with E-state index < -0.39 is 5.97 Å². The van der Waals surface area contributed by atoms with E-state index >= 15 is 0 Å². The second-order valence-corrected chi connectivity index (χ2v) is 7.32. The number of halogens is 1. The third-order valence-electron chi connectivity index (χ3n) is 4.31. The average Bonchev–Trinajstić information content (AvgIpc) is 2.98. The van der Waals surface area contributed by atoms with Crippen LogP contribution in [0.5, 0.6) is 0 Å². The highest BCUT2D eigenvalue weighted by atomic mass is 35.5. The Morgan fingerprint density at radius 2 is 2.04 bits per heavy atom. The van der Waals surface area contributed by atoms with E-state index in [9.17, 15) is 9.59 Å². The number of hydrogen-bond acceptors (Lipinski definition) is 5. The first-order valence-electron chi connectivity index (χ1n) is 8.05. The zero-order valence-electron chi connectivity index (χ0n) is 14.1. The molecule has 1 amide bonds. The third-order valence-corrected chi connectivity index (χ3v) is 5.69. The molecule has 0 spiro atoms. The van der Waals surface area contributed by atoms with Crippen LogP contribution in [0.1, 0.15) is 38.1 Å². The van der Waals surface area contributed by atoms with Crippen LogP contribution >= 0.6 is 22.9 Å². The van der Waals surface area contributed by atoms with Crippen LogP contribution in [0.15, 0.2) is 24.3 Å². The van der Waals surface area contributed by atoms with E-state index in [-0.39, 0.29) is 5.91 Å². The fourth-order valence-electron chi connectivity index (χ4n) is 2.91. The van der Waals surface area contributed by atoms with Gasteiger partial charge in [-0.15, -0.1) is 11.3 Å². The number of fused-ring (bicyclic) bond motifs is 1. The van der Waals surface area contributed by atoms with Crippen LogP contribution in [0.2, 0.25) is 5.02 Å². The topological polar surface area (TPSA) is 58.6 Å². The van der Waals surface area contributed by atoms with Crippen molar-refractivity contribution in [3.63, 3.8) is 0 Å². The standard InChI is InChI=1S/C18H19ClN2O3S/c1-3-21-9-8-13-14(10-21)25-17(15(13)18(23)24-2)20-16(22)11-4-6-12(19)7-5-11/h4-7H,3,8-10H2,1-2H3,(H,20,22). The molecule has 1 aromatic heterocycles. The summed E-state index contributed by atoms with van der Waals surface area (Å²) in [6, 6.07) is 6.64. The first kappa shape index (κ1) is 17.9. The van der Waals surface area contributed by atoms with E-state index in [4.69, 9.17) is 16.3 Å². The van der Waals surface area contributed by atoms with Crippen LogP contribution in [0.25, 0.3) is 0 Å². The summed E-state index contributed by atoms with van der Waals surface area (Å²) in [6.07, 6.45) is 0.779. The van der Waals surface area contributed by atoms with Crippen molar-refractivity contribution in [1.29, 1.82) is 0 Å². The van der Waals surface area contributed by atoms with Crippen molar-refractivity contribution in [2.45, 2.75) is 19.9 Å². The fraction of sp³-hybridized carbons (Fsp3) is 0.333. The lowest BCUT2D eigenvalue weighted by molar-refractivity contribution is 0.0600. The number of amides is 1. The number of carbonyl (C=O) groups is 2. The summed E-state index contributed by atoms with van der Waals surface area (Å²) in [5.41, 5.74) is 1.97. The van der Waals surface area contributed by atoms with Gasteiger partial charge >= 0.3 is 5.97 Å². The Kier molecular flexibility index (Phi) is 5.42. The van der Waals surface area contributed by atoms with E-state index in [1.807, 2.05) is 0 Å². The molecule has 3 rings (SSSR count). The third kappa shape index (κ3) is 3.71. The van der Waals surface area contributed by atoms with Crippen molar-refractivity contribution < 1.29 is 14.3 Å². The second-order valence-electron chi connectivity index (χ2n) is 5.78. The van der Waals surface area contributed by atoms with Crippen LogP contribution in [-0.2, 0) is 17.7 Å². The summed E-state index contributed by atoms with van der Waals surface area (Å²) >= 11 is 7.31. The molecule has 0 fully saturated rings. The summed E-state index contributed by atoms with van der Waals surface area (Å²) in [5, 5.41) is 3.99. The Bertz CT molecular complexity index is 801. The number of methoxy groups -OCH3 is 1. The molecule has 1 aliphatic heterocycles. The quantitative estimate of drug-likeness (QED) is 0.822. The highest BCUT2D eigenvalue weighted by Gasteiger charge is 2.29. The highest BCUT2D eigenvalue weighted by Crippen LogP contribution is 2.37. The molecule has 0 aliphatic carbocycles. The smallest absolute Gasteiger partial charge is 0.341 e. The first-order valence-corrected chi connectivity index (χ1v) is 9.25. The van der Waals surface area contributed by atoms with Crippen molar-refractivity contribution >= 4 is 39.8 Å². The number of esters is 1. The van der Waals surface area contributed by atoms with Gasteiger partial charge in [-0.2, -0.15) is 0 Å². The predicted octanol–water partition coefficient (Wildman–Crippen LogP) is 3.82. The molecule has 2 heterocycles. The number of nitrogens with zero attached hydrogens (tertiary/aromatic N) is 1. The minimum absolute atomic E-state index is 0.271. The van der Waals surface area contributed by atoms with Gasteiger partial charge in [0.05, 0.1) is 12.7 Å². The first-order chi connectivity index (χ1) is 12.0. The van der Waals surface area contributed by atoms with Crippen molar-refractivity contribution in [3.05, 3.63) is 50.9 Å². The van der Waals surface area contributed by atoms with Gasteiger partial charge in [0.1, 0.15) is 5.00 Å². The van der Waals surface area contributed by atoms with E-state index in [1.165, 1.54) is 18.4 Å². The second kappa shape index (κ2) is 7.56. The molecule has 5 nitrogen and oxygen atoms in total. The normalized spacial score (nSPS) is 14.0. The zero-order chi connectivity index (χ0) is 18.0. The lowest BCUT2D eigenvalue weighted by Gasteiger charge is -2.25. The van der Waals surface area contributed by atoms with E-state index in [2.05, 4.69) is 17.1 Å². The summed E-state index contributed by atoms with van der Waals surface area (Å²) in [7, 11) is 1.36. The predicted molar refractivity (Wildman–Crippen MR) is 99.7 cm³/mol. The van der Waals surface area contributed by atoms with Crippen molar-refractivity contribution in [2.75, 3.05) is 25.5 Å². The number of rotatable bonds is 4. The molecule has 25 heavy (non-hydrogen) atoms. The number of hydrogen-bond donors (Lipinski definition) is 1. The van der Waals surface area contributed by atoms with Crippen molar-refractivity contribution in [1.82, 2.24) is 4.90 Å². The largest absolute Gasteiger partial charge is 0.465 e. The zero-order valence-corrected chi connectivity index (χ0v) is 15.7. The monoisotopic (exact) mass is 378 g/mol. The molecule has 132 valence electrons. The SMILES string of the molecule is CCN1CCc2c(sc(NC(=O)c3ccc(Cl)cc3)c2C(=O)OC)C1. The van der Waals surface area contributed by atoms with E-state index in [1.54, 1.807) is 24.3 Å². The van der Waals surface area contributed by atoms with Gasteiger partial charge in [-0.3, -0.25) is 9.69 Å². The highest BCUT2D eigenvalue weighted by molar-refractivity contribution is 7.17. The van der Waals surface area contributed by atoms with Crippen LogP contribution in [-0.4, -0.2) is 37.0 Å². The Labute approximate surface area is 155 Å². The van der Waals surface area contributed by atoms with Gasteiger partial charge in [-0.1, -0.05) is 18.5 Å². The van der Waals surface area contributed by atoms with Gasteiger partial charge in [-0.25, -0.2) is 4.79 Å². The van der Waals surface area contributed by atoms with Gasteiger partial charge < -0.3 is 10.1 Å². The van der Waals surface area contributed by atoms with Gasteiger partial charge in [0.15, 0.2) is 0 Å². The van der Waals surface area contributed by atoms with Crippen molar-refractivity contribution in [2.24, 2.45) is 0 Å². The average molecular weight is 379 g/mol. The molecule has 0 atom stereocenters. The van der Waals surface area contributed by atoms with Crippen molar-refractivity contribution in [3.8, 4) is 0 Å². The molecule has 0 radical (unpaired) electrons. The molecule has 1 aromatic carbocycles. The molecule has 0 saturated heterocycles. The number of benzene rings is 1. The summed E-state index contributed by atoms with van der Waals surface area (Å²) in [4.78, 5) is 28.2. The number of anilines is 1. The molecular formula is C18H19ClN2O3S. The van der Waals surface area contributed by atoms with Gasteiger partial charge in [0, 0.05) is 28.6 Å². The maximum absolute atomic E-state index is 12.5. The van der Waals surface area contributed by atoms with E-state index in [0.717, 1.165) is 36.5 Å². The maximum Gasteiger partial charge on any atom is 0.341 e. The summed E-state index contributed by atoms with van der Waals surface area (Å²) in [5.74, 6) is -0.679. The fourth-order valence-corrected chi connectivity index (χ4v) is 4.31. The molecule has 0 saturated carbocycles. The molecular weight excluding hydrogens is 360 g/mol. The van der Waals surface area contributed by atoms with Crippen LogP contribution in [0, 0.1) is 0 Å². The molecule has 1 aliphatic rings. The van der Waals surface area contributed by atoms with Crippen LogP contribution in [0.3, 0.4) is 0 Å². The number of nitrogens with one attached hydrogen (secondary N) is 1. The Morgan fingerprint density at radius 3 is 2.68 bits per heavy atom. The molecule has 0 bridgehead atoms. The lowest BCUT2D eigenvalue weighted by Crippen LogP contribution is -2.29. The number of carbonyl (C=O) groups excluding carboxylic acids is 2. The van der Waals surface area contributed by atoms with Gasteiger partial charge in [-0.05, 0) is 42.8 Å². The Morgan fingerprint density at radius 1 is 1.32 bits per heavy atom. The number of thiophene rings is 1. The summed E-state index contributed by atoms with van der Waals surface area (Å²) < 4.78 is 4.94. The van der Waals surface area contributed by atoms with Gasteiger partial charge in [0.2, 0.25) is 0 Å². The molecule has 1 N–H and O–H groups in total. The van der Waals surface area contributed by atoms with Crippen LogP contribution in [0.4, 0.5) is 5.00 Å². The minimum Gasteiger partial charge on any atom is -0.465 e. The summed E-state index contributed by atoms with van der Waals surface area (Å²) in [6.45, 7) is 4.76.